The summed E-state index contributed by atoms with van der Waals surface area (Å²) in [7, 11) is 0. The first-order chi connectivity index (χ1) is 9.95. The van der Waals surface area contributed by atoms with Gasteiger partial charge >= 0.3 is 0 Å². The monoisotopic (exact) mass is 309 g/mol. The topological polar surface area (TPSA) is 12.0 Å². The van der Waals surface area contributed by atoms with E-state index >= 15 is 0 Å². The van der Waals surface area contributed by atoms with Crippen LogP contribution in [0.25, 0.3) is 0 Å². The normalized spacial score (nSPS) is 12.5. The fourth-order valence-corrected chi connectivity index (χ4v) is 2.62. The van der Waals surface area contributed by atoms with E-state index in [1.807, 2.05) is 19.9 Å². The average molecular weight is 310 g/mol. The van der Waals surface area contributed by atoms with Crippen LogP contribution in [-0.4, -0.2) is 6.54 Å². The lowest BCUT2D eigenvalue weighted by Crippen LogP contribution is -2.25. The first-order valence-corrected chi connectivity index (χ1v) is 7.27. The standard InChI is InChI=1S/C17H18ClF2N/c1-4-21-17(13-9-12(18)7-5-10(13)2)15-14(19)8-6-11(3)16(15)20/h5-9,17,21H,4H2,1-3H3. The molecule has 21 heavy (non-hydrogen) atoms. The Morgan fingerprint density at radius 2 is 1.76 bits per heavy atom. The van der Waals surface area contributed by atoms with Crippen LogP contribution >= 0.6 is 11.6 Å². The molecule has 0 spiro atoms. The molecule has 0 amide bonds. The van der Waals surface area contributed by atoms with Gasteiger partial charge < -0.3 is 5.32 Å². The molecule has 2 aromatic carbocycles. The molecule has 0 saturated heterocycles. The molecule has 1 atom stereocenters. The fraction of sp³-hybridized carbons (Fsp3) is 0.294. The Kier molecular flexibility index (Phi) is 4.96. The summed E-state index contributed by atoms with van der Waals surface area (Å²) in [5, 5.41) is 3.70. The number of benzene rings is 2. The van der Waals surface area contributed by atoms with Crippen LogP contribution in [0.2, 0.25) is 5.02 Å². The molecule has 2 rings (SSSR count). The van der Waals surface area contributed by atoms with Gasteiger partial charge in [0.05, 0.1) is 6.04 Å². The number of hydrogen-bond donors (Lipinski definition) is 1. The van der Waals surface area contributed by atoms with Gasteiger partial charge in [-0.3, -0.25) is 0 Å². The van der Waals surface area contributed by atoms with Crippen molar-refractivity contribution in [2.45, 2.75) is 26.8 Å². The van der Waals surface area contributed by atoms with Crippen LogP contribution in [0.3, 0.4) is 0 Å². The first-order valence-electron chi connectivity index (χ1n) is 6.89. The molecule has 0 aliphatic heterocycles. The number of hydrogen-bond acceptors (Lipinski definition) is 1. The summed E-state index contributed by atoms with van der Waals surface area (Å²) < 4.78 is 28.6. The van der Waals surface area contributed by atoms with Gasteiger partial charge in [0.1, 0.15) is 11.6 Å². The Morgan fingerprint density at radius 1 is 1.10 bits per heavy atom. The lowest BCUT2D eigenvalue weighted by molar-refractivity contribution is 0.505. The van der Waals surface area contributed by atoms with Crippen LogP contribution in [0.5, 0.6) is 0 Å². The van der Waals surface area contributed by atoms with E-state index in [2.05, 4.69) is 5.32 Å². The van der Waals surface area contributed by atoms with Gasteiger partial charge in [0, 0.05) is 10.6 Å². The van der Waals surface area contributed by atoms with Crippen molar-refractivity contribution in [2.75, 3.05) is 6.54 Å². The van der Waals surface area contributed by atoms with E-state index in [1.54, 1.807) is 19.1 Å². The molecule has 4 heteroatoms. The van der Waals surface area contributed by atoms with E-state index in [0.717, 1.165) is 11.1 Å². The molecule has 112 valence electrons. The van der Waals surface area contributed by atoms with Gasteiger partial charge in [0.25, 0.3) is 0 Å². The molecule has 1 nitrogen and oxygen atoms in total. The molecule has 0 aliphatic carbocycles. The summed E-state index contributed by atoms with van der Waals surface area (Å²) in [6.07, 6.45) is 0. The summed E-state index contributed by atoms with van der Waals surface area (Å²) >= 11 is 6.04. The molecule has 0 bridgehead atoms. The van der Waals surface area contributed by atoms with Crippen LogP contribution in [0, 0.1) is 25.5 Å². The predicted octanol–water partition coefficient (Wildman–Crippen LogP) is 4.93. The third kappa shape index (κ3) is 3.25. The molecule has 0 heterocycles. The molecule has 2 aromatic rings. The zero-order chi connectivity index (χ0) is 15.6. The van der Waals surface area contributed by atoms with Gasteiger partial charge in [-0.25, -0.2) is 8.78 Å². The first kappa shape index (κ1) is 15.9. The minimum Gasteiger partial charge on any atom is -0.306 e. The summed E-state index contributed by atoms with van der Waals surface area (Å²) in [6.45, 7) is 6.02. The van der Waals surface area contributed by atoms with Gasteiger partial charge in [-0.05, 0) is 55.3 Å². The maximum absolute atomic E-state index is 14.4. The van der Waals surface area contributed by atoms with E-state index in [9.17, 15) is 8.78 Å². The number of nitrogens with one attached hydrogen (secondary N) is 1. The van der Waals surface area contributed by atoms with Gasteiger partial charge in [-0.2, -0.15) is 0 Å². The molecule has 1 unspecified atom stereocenters. The van der Waals surface area contributed by atoms with Crippen LogP contribution in [-0.2, 0) is 0 Å². The Hall–Kier alpha value is -1.45. The smallest absolute Gasteiger partial charge is 0.134 e. The van der Waals surface area contributed by atoms with Crippen LogP contribution in [0.15, 0.2) is 30.3 Å². The van der Waals surface area contributed by atoms with Crippen molar-refractivity contribution < 1.29 is 8.78 Å². The third-order valence-corrected chi connectivity index (χ3v) is 3.80. The lowest BCUT2D eigenvalue weighted by atomic mass is 9.93. The van der Waals surface area contributed by atoms with Crippen LogP contribution < -0.4 is 5.32 Å². The molecule has 0 radical (unpaired) electrons. The minimum atomic E-state index is -0.561. The highest BCUT2D eigenvalue weighted by molar-refractivity contribution is 6.30. The highest BCUT2D eigenvalue weighted by Gasteiger charge is 2.24. The van der Waals surface area contributed by atoms with Gasteiger partial charge in [-0.1, -0.05) is 30.7 Å². The van der Waals surface area contributed by atoms with E-state index in [1.165, 1.54) is 12.1 Å². The highest BCUT2D eigenvalue weighted by Crippen LogP contribution is 2.31. The number of rotatable bonds is 4. The SMILES string of the molecule is CCNC(c1cc(Cl)ccc1C)c1c(F)ccc(C)c1F. The Balaban J connectivity index is 2.64. The zero-order valence-electron chi connectivity index (χ0n) is 12.3. The van der Waals surface area contributed by atoms with Gasteiger partial charge in [-0.15, -0.1) is 0 Å². The molecular formula is C17H18ClF2N. The molecule has 0 fully saturated rings. The summed E-state index contributed by atoms with van der Waals surface area (Å²) in [6, 6.07) is 7.57. The highest BCUT2D eigenvalue weighted by atomic mass is 35.5. The van der Waals surface area contributed by atoms with Crippen LogP contribution in [0.1, 0.15) is 35.2 Å². The van der Waals surface area contributed by atoms with E-state index < -0.39 is 17.7 Å². The average Bonchev–Trinajstić information content (AvgIpc) is 2.45. The third-order valence-electron chi connectivity index (χ3n) is 3.57. The molecule has 0 aromatic heterocycles. The van der Waals surface area contributed by atoms with Crippen molar-refractivity contribution in [3.05, 3.63) is 69.2 Å². The van der Waals surface area contributed by atoms with Crippen LogP contribution in [0.4, 0.5) is 8.78 Å². The Morgan fingerprint density at radius 3 is 2.43 bits per heavy atom. The Bertz CT molecular complexity index is 655. The van der Waals surface area contributed by atoms with Crippen molar-refractivity contribution in [3.63, 3.8) is 0 Å². The second kappa shape index (κ2) is 6.54. The summed E-state index contributed by atoms with van der Waals surface area (Å²) in [4.78, 5) is 0. The maximum atomic E-state index is 14.4. The predicted molar refractivity (Wildman–Crippen MR) is 82.8 cm³/mol. The Labute approximate surface area is 128 Å². The number of aryl methyl sites for hydroxylation is 2. The summed E-state index contributed by atoms with van der Waals surface area (Å²) in [5.74, 6) is -1.07. The fourth-order valence-electron chi connectivity index (χ4n) is 2.44. The van der Waals surface area contributed by atoms with Crippen molar-refractivity contribution in [1.29, 1.82) is 0 Å². The van der Waals surface area contributed by atoms with E-state index in [4.69, 9.17) is 11.6 Å². The minimum absolute atomic E-state index is 0.0437. The maximum Gasteiger partial charge on any atom is 0.134 e. The van der Waals surface area contributed by atoms with Gasteiger partial charge in [0.15, 0.2) is 0 Å². The van der Waals surface area contributed by atoms with E-state index in [0.29, 0.717) is 17.1 Å². The zero-order valence-corrected chi connectivity index (χ0v) is 13.1. The van der Waals surface area contributed by atoms with Crippen molar-refractivity contribution >= 4 is 11.6 Å². The van der Waals surface area contributed by atoms with Crippen molar-refractivity contribution in [3.8, 4) is 0 Å². The molecule has 1 N–H and O–H groups in total. The van der Waals surface area contributed by atoms with Crippen molar-refractivity contribution in [1.82, 2.24) is 5.32 Å². The van der Waals surface area contributed by atoms with Crippen molar-refractivity contribution in [2.24, 2.45) is 0 Å². The largest absolute Gasteiger partial charge is 0.306 e. The second-order valence-electron chi connectivity index (χ2n) is 5.08. The van der Waals surface area contributed by atoms with E-state index in [-0.39, 0.29) is 5.56 Å². The second-order valence-corrected chi connectivity index (χ2v) is 5.52. The summed E-state index contributed by atoms with van der Waals surface area (Å²) in [5.41, 5.74) is 2.19. The molecule has 0 aliphatic rings. The van der Waals surface area contributed by atoms with Gasteiger partial charge in [0.2, 0.25) is 0 Å². The number of halogens is 3. The quantitative estimate of drug-likeness (QED) is 0.844. The molecule has 0 saturated carbocycles. The lowest BCUT2D eigenvalue weighted by Gasteiger charge is -2.23. The molecular weight excluding hydrogens is 292 g/mol.